The molecular formula is C14H26N4O. The number of nitrogens with zero attached hydrogens (tertiary/aromatic N) is 3. The van der Waals surface area contributed by atoms with Crippen molar-refractivity contribution in [2.24, 2.45) is 12.8 Å². The number of ether oxygens (including phenoxy) is 1. The molecule has 1 saturated heterocycles. The van der Waals surface area contributed by atoms with E-state index in [-0.39, 0.29) is 12.1 Å². The molecule has 0 spiro atoms. The third-order valence-corrected chi connectivity index (χ3v) is 3.95. The first-order chi connectivity index (χ1) is 9.08. The highest BCUT2D eigenvalue weighted by Crippen LogP contribution is 2.14. The largest absolute Gasteiger partial charge is 0.374 e. The van der Waals surface area contributed by atoms with Crippen molar-refractivity contribution in [3.63, 3.8) is 0 Å². The van der Waals surface area contributed by atoms with E-state index in [1.54, 1.807) is 0 Å². The minimum absolute atomic E-state index is 0.0817. The average Bonchev–Trinajstić information content (AvgIpc) is 2.81. The lowest BCUT2D eigenvalue weighted by Gasteiger charge is -2.37. The summed E-state index contributed by atoms with van der Waals surface area (Å²) in [6.45, 7) is 7.20. The highest BCUT2D eigenvalue weighted by Gasteiger charge is 2.26. The van der Waals surface area contributed by atoms with Crippen molar-refractivity contribution in [2.75, 3.05) is 19.7 Å². The summed E-state index contributed by atoms with van der Waals surface area (Å²) in [6, 6.07) is 0.645. The molecule has 0 aliphatic carbocycles. The molecule has 19 heavy (non-hydrogen) atoms. The third-order valence-electron chi connectivity index (χ3n) is 3.95. The van der Waals surface area contributed by atoms with Crippen molar-refractivity contribution < 1.29 is 4.74 Å². The van der Waals surface area contributed by atoms with Crippen molar-refractivity contribution in [2.45, 2.75) is 44.9 Å². The molecule has 1 aliphatic rings. The molecule has 0 radical (unpaired) electrons. The van der Waals surface area contributed by atoms with E-state index in [4.69, 9.17) is 10.5 Å². The van der Waals surface area contributed by atoms with Crippen LogP contribution in [0.4, 0.5) is 0 Å². The Morgan fingerprint density at radius 3 is 2.95 bits per heavy atom. The Morgan fingerprint density at radius 1 is 1.53 bits per heavy atom. The highest BCUT2D eigenvalue weighted by molar-refractivity contribution is 4.93. The number of nitrogens with two attached hydrogens (primary N) is 1. The Bertz CT molecular complexity index is 391. The van der Waals surface area contributed by atoms with Crippen LogP contribution in [0.5, 0.6) is 0 Å². The SMILES string of the molecule is CC(C)N1CCOC(C(N)CCc2nccn2C)C1. The Balaban J connectivity index is 1.82. The lowest BCUT2D eigenvalue weighted by atomic mass is 10.0. The van der Waals surface area contributed by atoms with E-state index in [9.17, 15) is 0 Å². The first kappa shape index (κ1) is 14.5. The summed E-state index contributed by atoms with van der Waals surface area (Å²) in [5.74, 6) is 1.09. The van der Waals surface area contributed by atoms with Gasteiger partial charge in [0.2, 0.25) is 0 Å². The molecule has 5 nitrogen and oxygen atoms in total. The van der Waals surface area contributed by atoms with Crippen molar-refractivity contribution in [1.29, 1.82) is 0 Å². The number of hydrogen-bond acceptors (Lipinski definition) is 4. The van der Waals surface area contributed by atoms with Crippen LogP contribution in [-0.2, 0) is 18.2 Å². The molecule has 108 valence electrons. The molecule has 2 N–H and O–H groups in total. The fraction of sp³-hybridized carbons (Fsp3) is 0.786. The fourth-order valence-corrected chi connectivity index (χ4v) is 2.54. The zero-order valence-corrected chi connectivity index (χ0v) is 12.2. The van der Waals surface area contributed by atoms with Gasteiger partial charge in [0, 0.05) is 51.0 Å². The minimum atomic E-state index is 0.0817. The van der Waals surface area contributed by atoms with Crippen molar-refractivity contribution >= 4 is 0 Å². The van der Waals surface area contributed by atoms with Crippen LogP contribution in [0, 0.1) is 0 Å². The lowest BCUT2D eigenvalue weighted by molar-refractivity contribution is -0.0506. The smallest absolute Gasteiger partial charge is 0.108 e. The zero-order chi connectivity index (χ0) is 13.8. The maximum absolute atomic E-state index is 6.29. The maximum atomic E-state index is 6.29. The molecule has 0 saturated carbocycles. The van der Waals surface area contributed by atoms with E-state index in [0.29, 0.717) is 6.04 Å². The minimum Gasteiger partial charge on any atom is -0.374 e. The van der Waals surface area contributed by atoms with Crippen LogP contribution in [0.3, 0.4) is 0 Å². The van der Waals surface area contributed by atoms with E-state index in [1.807, 2.05) is 19.4 Å². The number of aryl methyl sites for hydroxylation is 2. The van der Waals surface area contributed by atoms with Gasteiger partial charge in [-0.05, 0) is 20.3 Å². The lowest BCUT2D eigenvalue weighted by Crippen LogP contribution is -2.52. The Morgan fingerprint density at radius 2 is 2.32 bits per heavy atom. The van der Waals surface area contributed by atoms with Gasteiger partial charge in [0.05, 0.1) is 12.7 Å². The summed E-state index contributed by atoms with van der Waals surface area (Å²) in [5.41, 5.74) is 6.29. The molecule has 5 heteroatoms. The first-order valence-electron chi connectivity index (χ1n) is 7.15. The van der Waals surface area contributed by atoms with Gasteiger partial charge in [-0.2, -0.15) is 0 Å². The number of aromatic nitrogens is 2. The number of hydrogen-bond donors (Lipinski definition) is 1. The molecule has 1 aromatic rings. The summed E-state index contributed by atoms with van der Waals surface area (Å²) in [6.07, 6.45) is 5.78. The number of morpholine rings is 1. The molecule has 2 heterocycles. The normalized spacial score (nSPS) is 22.9. The van der Waals surface area contributed by atoms with E-state index < -0.39 is 0 Å². The van der Waals surface area contributed by atoms with Crippen molar-refractivity contribution in [3.8, 4) is 0 Å². The van der Waals surface area contributed by atoms with Gasteiger partial charge in [0.25, 0.3) is 0 Å². The standard InChI is InChI=1S/C14H26N4O/c1-11(2)18-8-9-19-13(10-18)12(15)4-5-14-16-6-7-17(14)3/h6-7,11-13H,4-5,8-10,15H2,1-3H3. The predicted molar refractivity (Wildman–Crippen MR) is 76.0 cm³/mol. The second-order valence-corrected chi connectivity index (χ2v) is 5.65. The van der Waals surface area contributed by atoms with E-state index in [1.165, 1.54) is 0 Å². The quantitative estimate of drug-likeness (QED) is 0.856. The molecular weight excluding hydrogens is 240 g/mol. The van der Waals surface area contributed by atoms with E-state index in [2.05, 4.69) is 28.3 Å². The van der Waals surface area contributed by atoms with Crippen LogP contribution in [0.1, 0.15) is 26.1 Å². The highest BCUT2D eigenvalue weighted by atomic mass is 16.5. The molecule has 0 amide bonds. The molecule has 2 rings (SSSR count). The second kappa shape index (κ2) is 6.50. The van der Waals surface area contributed by atoms with Gasteiger partial charge >= 0.3 is 0 Å². The molecule has 2 atom stereocenters. The van der Waals surface area contributed by atoms with Gasteiger partial charge in [-0.25, -0.2) is 4.98 Å². The van der Waals surface area contributed by atoms with Crippen LogP contribution in [0.25, 0.3) is 0 Å². The van der Waals surface area contributed by atoms with Gasteiger partial charge in [0.1, 0.15) is 5.82 Å². The van der Waals surface area contributed by atoms with Gasteiger partial charge in [-0.1, -0.05) is 0 Å². The Kier molecular flexibility index (Phi) is 4.96. The van der Waals surface area contributed by atoms with E-state index in [0.717, 1.165) is 38.4 Å². The number of imidazole rings is 1. The van der Waals surface area contributed by atoms with Crippen molar-refractivity contribution in [3.05, 3.63) is 18.2 Å². The van der Waals surface area contributed by atoms with Gasteiger partial charge in [-0.3, -0.25) is 4.90 Å². The van der Waals surface area contributed by atoms with Crippen LogP contribution in [0.2, 0.25) is 0 Å². The summed E-state index contributed by atoms with van der Waals surface area (Å²) in [5, 5.41) is 0. The average molecular weight is 266 g/mol. The van der Waals surface area contributed by atoms with Gasteiger partial charge in [-0.15, -0.1) is 0 Å². The van der Waals surface area contributed by atoms with Gasteiger partial charge < -0.3 is 15.0 Å². The van der Waals surface area contributed by atoms with Crippen LogP contribution < -0.4 is 5.73 Å². The van der Waals surface area contributed by atoms with Crippen LogP contribution in [-0.4, -0.2) is 52.3 Å². The topological polar surface area (TPSA) is 56.3 Å². The maximum Gasteiger partial charge on any atom is 0.108 e. The summed E-state index contributed by atoms with van der Waals surface area (Å²) in [4.78, 5) is 6.77. The first-order valence-corrected chi connectivity index (χ1v) is 7.15. The van der Waals surface area contributed by atoms with Crippen LogP contribution in [0.15, 0.2) is 12.4 Å². The predicted octanol–water partition coefficient (Wildman–Crippen LogP) is 0.789. The fourth-order valence-electron chi connectivity index (χ4n) is 2.54. The van der Waals surface area contributed by atoms with Crippen LogP contribution >= 0.6 is 0 Å². The molecule has 1 aliphatic heterocycles. The molecule has 0 bridgehead atoms. The zero-order valence-electron chi connectivity index (χ0n) is 12.2. The monoisotopic (exact) mass is 266 g/mol. The second-order valence-electron chi connectivity index (χ2n) is 5.65. The number of rotatable bonds is 5. The summed E-state index contributed by atoms with van der Waals surface area (Å²) < 4.78 is 7.88. The van der Waals surface area contributed by atoms with Crippen molar-refractivity contribution in [1.82, 2.24) is 14.5 Å². The van der Waals surface area contributed by atoms with Gasteiger partial charge in [0.15, 0.2) is 0 Å². The summed E-state index contributed by atoms with van der Waals surface area (Å²) >= 11 is 0. The summed E-state index contributed by atoms with van der Waals surface area (Å²) in [7, 11) is 2.02. The molecule has 1 fully saturated rings. The Labute approximate surface area is 115 Å². The Hall–Kier alpha value is -0.910. The molecule has 2 unspecified atom stereocenters. The molecule has 0 aromatic carbocycles. The van der Waals surface area contributed by atoms with E-state index >= 15 is 0 Å². The third kappa shape index (κ3) is 3.78. The molecule has 1 aromatic heterocycles.